The summed E-state index contributed by atoms with van der Waals surface area (Å²) in [5.74, 6) is 1.18. The smallest absolute Gasteiger partial charge is 0.268 e. The minimum atomic E-state index is -0.719. The van der Waals surface area contributed by atoms with Crippen LogP contribution in [0.3, 0.4) is 0 Å². The molecule has 27 heavy (non-hydrogen) atoms. The number of aromatic nitrogens is 2. The first-order valence-corrected chi connectivity index (χ1v) is 9.24. The van der Waals surface area contributed by atoms with Crippen LogP contribution in [0.2, 0.25) is 0 Å². The summed E-state index contributed by atoms with van der Waals surface area (Å²) in [7, 11) is 0. The second kappa shape index (κ2) is 8.54. The lowest BCUT2D eigenvalue weighted by Gasteiger charge is -2.26. The van der Waals surface area contributed by atoms with E-state index in [1.807, 2.05) is 86.3 Å². The van der Waals surface area contributed by atoms with Gasteiger partial charge in [-0.2, -0.15) is 0 Å². The van der Waals surface area contributed by atoms with Gasteiger partial charge in [0.2, 0.25) is 6.10 Å². The van der Waals surface area contributed by atoms with Crippen LogP contribution in [0.25, 0.3) is 5.82 Å². The molecule has 1 unspecified atom stereocenters. The second-order valence-corrected chi connectivity index (χ2v) is 6.33. The number of nitrogens with zero attached hydrogens (tertiary/aromatic N) is 3. The lowest BCUT2D eigenvalue weighted by atomic mass is 10.1. The molecular weight excluding hydrogens is 338 g/mol. The topological polar surface area (TPSA) is 47.4 Å². The fourth-order valence-electron chi connectivity index (χ4n) is 2.97. The number of benzene rings is 1. The van der Waals surface area contributed by atoms with E-state index in [9.17, 15) is 4.79 Å². The minimum absolute atomic E-state index is 0.0498. The molecule has 0 radical (unpaired) electrons. The van der Waals surface area contributed by atoms with E-state index in [2.05, 4.69) is 4.98 Å². The summed E-state index contributed by atoms with van der Waals surface area (Å²) in [6.45, 7) is 7.25. The molecule has 1 amide bonds. The van der Waals surface area contributed by atoms with Gasteiger partial charge in [-0.1, -0.05) is 29.8 Å². The molecule has 0 spiro atoms. The van der Waals surface area contributed by atoms with E-state index in [1.54, 1.807) is 11.1 Å². The molecule has 0 bridgehead atoms. The van der Waals surface area contributed by atoms with Gasteiger partial charge in [-0.25, -0.2) is 4.98 Å². The van der Waals surface area contributed by atoms with Crippen molar-refractivity contribution in [3.8, 4) is 11.6 Å². The maximum atomic E-state index is 13.2. The van der Waals surface area contributed by atoms with E-state index in [0.29, 0.717) is 24.7 Å². The van der Waals surface area contributed by atoms with Crippen molar-refractivity contribution in [2.75, 3.05) is 13.1 Å². The number of pyridine rings is 1. The van der Waals surface area contributed by atoms with Gasteiger partial charge in [-0.05, 0) is 45.0 Å². The number of ether oxygens (including phenoxy) is 1. The van der Waals surface area contributed by atoms with Gasteiger partial charge in [-0.3, -0.25) is 4.79 Å². The summed E-state index contributed by atoms with van der Waals surface area (Å²) in [6.07, 6.45) is 4.81. The normalized spacial score (nSPS) is 11.8. The van der Waals surface area contributed by atoms with Gasteiger partial charge >= 0.3 is 0 Å². The predicted molar refractivity (Wildman–Crippen MR) is 106 cm³/mol. The van der Waals surface area contributed by atoms with Gasteiger partial charge < -0.3 is 14.2 Å². The molecule has 0 aliphatic rings. The largest absolute Gasteiger partial charge is 0.472 e. The maximum absolute atomic E-state index is 13.2. The van der Waals surface area contributed by atoms with Crippen molar-refractivity contribution >= 4 is 5.91 Å². The van der Waals surface area contributed by atoms with E-state index in [0.717, 1.165) is 11.1 Å². The van der Waals surface area contributed by atoms with Gasteiger partial charge in [0.25, 0.3) is 5.91 Å². The number of amides is 1. The number of hydrogen-bond acceptors (Lipinski definition) is 3. The molecule has 3 rings (SSSR count). The molecule has 2 aromatic heterocycles. The first-order valence-electron chi connectivity index (χ1n) is 9.24. The van der Waals surface area contributed by atoms with E-state index in [1.165, 1.54) is 0 Å². The Balaban J connectivity index is 2.00. The Morgan fingerprint density at radius 3 is 2.37 bits per heavy atom. The summed E-state index contributed by atoms with van der Waals surface area (Å²) in [4.78, 5) is 19.4. The van der Waals surface area contributed by atoms with Gasteiger partial charge in [-0.15, -0.1) is 0 Å². The molecule has 3 aromatic rings. The zero-order valence-corrected chi connectivity index (χ0v) is 16.0. The van der Waals surface area contributed by atoms with Crippen molar-refractivity contribution in [2.24, 2.45) is 0 Å². The standard InChI is InChI=1S/C22H25N3O2/c1-4-24(5-2)22(26)20(18-12-10-17(3)11-13-18)27-19-9-8-14-23-21(19)25-15-6-7-16-25/h6-16,20H,4-5H2,1-3H3. The van der Waals surface area contributed by atoms with Crippen molar-refractivity contribution in [3.63, 3.8) is 0 Å². The highest BCUT2D eigenvalue weighted by atomic mass is 16.5. The summed E-state index contributed by atoms with van der Waals surface area (Å²) >= 11 is 0. The lowest BCUT2D eigenvalue weighted by Crippen LogP contribution is -2.37. The van der Waals surface area contributed by atoms with Crippen LogP contribution in [-0.2, 0) is 4.79 Å². The van der Waals surface area contributed by atoms with Crippen LogP contribution < -0.4 is 4.74 Å². The summed E-state index contributed by atoms with van der Waals surface area (Å²) in [5, 5.41) is 0. The van der Waals surface area contributed by atoms with E-state index >= 15 is 0 Å². The SMILES string of the molecule is CCN(CC)C(=O)C(Oc1cccnc1-n1cccc1)c1ccc(C)cc1. The first-order chi connectivity index (χ1) is 13.1. The highest BCUT2D eigenvalue weighted by Crippen LogP contribution is 2.28. The molecule has 1 atom stereocenters. The Kier molecular flexibility index (Phi) is 5.91. The van der Waals surface area contributed by atoms with Gasteiger partial charge in [0.05, 0.1) is 0 Å². The average molecular weight is 363 g/mol. The number of likely N-dealkylation sites (N-methyl/N-ethyl adjacent to an activating group) is 1. The predicted octanol–water partition coefficient (Wildman–Crippen LogP) is 4.17. The van der Waals surface area contributed by atoms with Crippen LogP contribution in [0.5, 0.6) is 5.75 Å². The Bertz CT molecular complexity index is 869. The lowest BCUT2D eigenvalue weighted by molar-refractivity contribution is -0.138. The molecule has 2 heterocycles. The van der Waals surface area contributed by atoms with E-state index in [4.69, 9.17) is 4.74 Å². The Morgan fingerprint density at radius 2 is 1.74 bits per heavy atom. The summed E-state index contributed by atoms with van der Waals surface area (Å²) in [6, 6.07) is 15.4. The third-order valence-corrected chi connectivity index (χ3v) is 4.52. The molecule has 5 heteroatoms. The summed E-state index contributed by atoms with van der Waals surface area (Å²) < 4.78 is 8.15. The zero-order chi connectivity index (χ0) is 19.2. The third kappa shape index (κ3) is 4.19. The number of rotatable bonds is 7. The first kappa shape index (κ1) is 18.7. The highest BCUT2D eigenvalue weighted by molar-refractivity contribution is 5.82. The van der Waals surface area contributed by atoms with Crippen molar-refractivity contribution in [3.05, 3.63) is 78.2 Å². The van der Waals surface area contributed by atoms with Crippen molar-refractivity contribution < 1.29 is 9.53 Å². The Morgan fingerprint density at radius 1 is 1.07 bits per heavy atom. The molecule has 5 nitrogen and oxygen atoms in total. The Hall–Kier alpha value is -3.08. The van der Waals surface area contributed by atoms with Crippen LogP contribution in [0.1, 0.15) is 31.1 Å². The highest BCUT2D eigenvalue weighted by Gasteiger charge is 2.27. The summed E-state index contributed by atoms with van der Waals surface area (Å²) in [5.41, 5.74) is 1.97. The van der Waals surface area contributed by atoms with Gasteiger partial charge in [0.1, 0.15) is 0 Å². The Labute approximate surface area is 160 Å². The zero-order valence-electron chi connectivity index (χ0n) is 16.0. The second-order valence-electron chi connectivity index (χ2n) is 6.33. The molecule has 0 N–H and O–H groups in total. The fraction of sp³-hybridized carbons (Fsp3) is 0.273. The van der Waals surface area contributed by atoms with Gasteiger partial charge in [0, 0.05) is 37.2 Å². The molecule has 1 aromatic carbocycles. The molecule has 0 saturated carbocycles. The minimum Gasteiger partial charge on any atom is -0.472 e. The monoisotopic (exact) mass is 363 g/mol. The van der Waals surface area contributed by atoms with Crippen LogP contribution in [-0.4, -0.2) is 33.4 Å². The number of carbonyl (C=O) groups excluding carboxylic acids is 1. The number of aryl methyl sites for hydroxylation is 1. The average Bonchev–Trinajstić information content (AvgIpc) is 3.23. The third-order valence-electron chi connectivity index (χ3n) is 4.52. The van der Waals surface area contributed by atoms with Crippen LogP contribution >= 0.6 is 0 Å². The molecule has 0 aliphatic heterocycles. The van der Waals surface area contributed by atoms with Crippen molar-refractivity contribution in [2.45, 2.75) is 26.9 Å². The van der Waals surface area contributed by atoms with E-state index in [-0.39, 0.29) is 5.91 Å². The van der Waals surface area contributed by atoms with Crippen molar-refractivity contribution in [1.29, 1.82) is 0 Å². The van der Waals surface area contributed by atoms with Crippen molar-refractivity contribution in [1.82, 2.24) is 14.5 Å². The van der Waals surface area contributed by atoms with Crippen LogP contribution in [0, 0.1) is 6.92 Å². The molecule has 0 aliphatic carbocycles. The van der Waals surface area contributed by atoms with Crippen LogP contribution in [0.4, 0.5) is 0 Å². The quantitative estimate of drug-likeness (QED) is 0.633. The number of hydrogen-bond donors (Lipinski definition) is 0. The van der Waals surface area contributed by atoms with Crippen LogP contribution in [0.15, 0.2) is 67.1 Å². The molecule has 0 saturated heterocycles. The van der Waals surface area contributed by atoms with Gasteiger partial charge in [0.15, 0.2) is 11.6 Å². The van der Waals surface area contributed by atoms with E-state index < -0.39 is 6.10 Å². The fourth-order valence-corrected chi connectivity index (χ4v) is 2.97. The molecule has 0 fully saturated rings. The maximum Gasteiger partial charge on any atom is 0.268 e. The molecule has 140 valence electrons. The number of carbonyl (C=O) groups is 1. The molecular formula is C22H25N3O2.